The van der Waals surface area contributed by atoms with Gasteiger partial charge in [0, 0.05) is 29.2 Å². The van der Waals surface area contributed by atoms with Gasteiger partial charge in [-0.05, 0) is 36.4 Å². The van der Waals surface area contributed by atoms with Gasteiger partial charge in [0.25, 0.3) is 0 Å². The molecule has 0 spiro atoms. The number of aliphatic carboxylic acids is 1. The number of para-hydroxylation sites is 1. The molecule has 0 radical (unpaired) electrons. The van der Waals surface area contributed by atoms with Gasteiger partial charge in [-0.2, -0.15) is 0 Å². The lowest BCUT2D eigenvalue weighted by Crippen LogP contribution is -2.31. The van der Waals surface area contributed by atoms with Gasteiger partial charge in [0.1, 0.15) is 0 Å². The fourth-order valence-electron chi connectivity index (χ4n) is 2.75. The lowest BCUT2D eigenvalue weighted by molar-refractivity contribution is -0.131. The Morgan fingerprint density at radius 1 is 1.07 bits per heavy atom. The van der Waals surface area contributed by atoms with Crippen LogP contribution in [0.3, 0.4) is 0 Å². The van der Waals surface area contributed by atoms with E-state index >= 15 is 0 Å². The summed E-state index contributed by atoms with van der Waals surface area (Å²) in [5.41, 5.74) is 0.643. The van der Waals surface area contributed by atoms with Crippen molar-refractivity contribution in [1.29, 1.82) is 0 Å². The van der Waals surface area contributed by atoms with Gasteiger partial charge in [0.15, 0.2) is 0 Å². The van der Waals surface area contributed by atoms with Crippen LogP contribution in [0.2, 0.25) is 10.0 Å². The third kappa shape index (κ3) is 5.02. The highest BCUT2D eigenvalue weighted by Crippen LogP contribution is 2.40. The SMILES string of the molecule is O=C(O)/C=C/C(=O)Nc1ccc(S[C@H]2CC(=O)N(c3c(Cl)cccc3Cl)C2=O)cc1. The second-order valence-electron chi connectivity index (χ2n) is 6.13. The fourth-order valence-corrected chi connectivity index (χ4v) is 4.37. The Hall–Kier alpha value is -2.81. The molecule has 154 valence electrons. The Labute approximate surface area is 185 Å². The van der Waals surface area contributed by atoms with E-state index in [0.717, 1.165) is 17.1 Å². The molecular formula is C20H14Cl2N2O5S. The molecule has 0 aliphatic carbocycles. The van der Waals surface area contributed by atoms with Gasteiger partial charge in [-0.3, -0.25) is 14.4 Å². The molecule has 0 unspecified atom stereocenters. The molecule has 1 heterocycles. The quantitative estimate of drug-likeness (QED) is 0.494. The van der Waals surface area contributed by atoms with Crippen LogP contribution >= 0.6 is 35.0 Å². The molecule has 2 aromatic rings. The number of nitrogens with zero attached hydrogens (tertiary/aromatic N) is 1. The smallest absolute Gasteiger partial charge is 0.328 e. The van der Waals surface area contributed by atoms with Crippen LogP contribution in [0, 0.1) is 0 Å². The summed E-state index contributed by atoms with van der Waals surface area (Å²) in [5, 5.41) is 10.8. The van der Waals surface area contributed by atoms with E-state index in [0.29, 0.717) is 10.6 Å². The number of hydrogen-bond donors (Lipinski definition) is 2. The second kappa shape index (κ2) is 9.34. The number of thioether (sulfide) groups is 1. The van der Waals surface area contributed by atoms with E-state index in [1.165, 1.54) is 11.8 Å². The zero-order valence-corrected chi connectivity index (χ0v) is 17.5. The standard InChI is InChI=1S/C20H14Cl2N2O5S/c21-13-2-1-3-14(22)19(13)24-17(26)10-15(20(24)29)30-12-6-4-11(5-7-12)23-16(25)8-9-18(27)28/h1-9,15H,10H2,(H,23,25)(H,27,28)/b9-8+/t15-/m0/s1. The zero-order chi connectivity index (χ0) is 21.8. The number of carbonyl (C=O) groups is 4. The van der Waals surface area contributed by atoms with E-state index < -0.39 is 23.0 Å². The van der Waals surface area contributed by atoms with Gasteiger partial charge in [0.05, 0.1) is 21.0 Å². The molecule has 0 bridgehead atoms. The maximum Gasteiger partial charge on any atom is 0.328 e. The van der Waals surface area contributed by atoms with Crippen molar-refractivity contribution >= 4 is 70.0 Å². The van der Waals surface area contributed by atoms with Crippen molar-refractivity contribution in [2.75, 3.05) is 10.2 Å². The number of carbonyl (C=O) groups excluding carboxylic acids is 3. The van der Waals surface area contributed by atoms with Gasteiger partial charge in [-0.1, -0.05) is 29.3 Å². The van der Waals surface area contributed by atoms with Crippen molar-refractivity contribution in [3.8, 4) is 0 Å². The van der Waals surface area contributed by atoms with Gasteiger partial charge in [-0.15, -0.1) is 11.8 Å². The Morgan fingerprint density at radius 2 is 1.70 bits per heavy atom. The number of hydrogen-bond acceptors (Lipinski definition) is 5. The summed E-state index contributed by atoms with van der Waals surface area (Å²) in [4.78, 5) is 49.0. The van der Waals surface area contributed by atoms with Crippen molar-refractivity contribution in [2.24, 2.45) is 0 Å². The minimum Gasteiger partial charge on any atom is -0.478 e. The molecule has 1 fully saturated rings. The van der Waals surface area contributed by atoms with E-state index in [1.807, 2.05) is 0 Å². The molecule has 7 nitrogen and oxygen atoms in total. The van der Waals surface area contributed by atoms with Crippen LogP contribution in [0.4, 0.5) is 11.4 Å². The average Bonchev–Trinajstić information content (AvgIpc) is 2.95. The lowest BCUT2D eigenvalue weighted by Gasteiger charge is -2.17. The van der Waals surface area contributed by atoms with E-state index in [-0.39, 0.29) is 28.1 Å². The van der Waals surface area contributed by atoms with Crippen molar-refractivity contribution in [2.45, 2.75) is 16.6 Å². The first-order chi connectivity index (χ1) is 14.3. The molecule has 30 heavy (non-hydrogen) atoms. The van der Waals surface area contributed by atoms with Crippen LogP contribution in [0.1, 0.15) is 6.42 Å². The minimum absolute atomic E-state index is 0.00349. The molecule has 1 saturated heterocycles. The normalized spacial score (nSPS) is 16.3. The highest BCUT2D eigenvalue weighted by molar-refractivity contribution is 8.00. The topological polar surface area (TPSA) is 104 Å². The zero-order valence-electron chi connectivity index (χ0n) is 15.2. The Balaban J connectivity index is 1.68. The molecule has 3 rings (SSSR count). The maximum atomic E-state index is 12.8. The molecule has 10 heteroatoms. The van der Waals surface area contributed by atoms with E-state index in [4.69, 9.17) is 28.3 Å². The highest BCUT2D eigenvalue weighted by atomic mass is 35.5. The number of imide groups is 1. The van der Waals surface area contributed by atoms with Crippen LogP contribution in [-0.2, 0) is 19.2 Å². The molecule has 2 N–H and O–H groups in total. The average molecular weight is 465 g/mol. The van der Waals surface area contributed by atoms with Crippen LogP contribution in [0.25, 0.3) is 0 Å². The molecule has 0 saturated carbocycles. The van der Waals surface area contributed by atoms with Crippen molar-refractivity contribution in [3.05, 3.63) is 64.7 Å². The molecule has 0 aromatic heterocycles. The number of carboxylic acid groups (broad SMARTS) is 1. The first kappa shape index (κ1) is 21.9. The Bertz CT molecular complexity index is 1040. The number of nitrogens with one attached hydrogen (secondary N) is 1. The van der Waals surface area contributed by atoms with E-state index in [1.54, 1.807) is 42.5 Å². The largest absolute Gasteiger partial charge is 0.478 e. The van der Waals surface area contributed by atoms with Gasteiger partial charge in [-0.25, -0.2) is 9.69 Å². The summed E-state index contributed by atoms with van der Waals surface area (Å²) in [7, 11) is 0. The second-order valence-corrected chi connectivity index (χ2v) is 8.22. The first-order valence-electron chi connectivity index (χ1n) is 8.56. The Kier molecular flexibility index (Phi) is 6.81. The molecule has 2 aromatic carbocycles. The monoisotopic (exact) mass is 464 g/mol. The number of amides is 3. The number of benzene rings is 2. The van der Waals surface area contributed by atoms with Gasteiger partial charge >= 0.3 is 5.97 Å². The molecular weight excluding hydrogens is 451 g/mol. The lowest BCUT2D eigenvalue weighted by atomic mass is 10.3. The number of carboxylic acids is 1. The van der Waals surface area contributed by atoms with Gasteiger partial charge < -0.3 is 10.4 Å². The molecule has 1 atom stereocenters. The van der Waals surface area contributed by atoms with Crippen LogP contribution < -0.4 is 10.2 Å². The summed E-state index contributed by atoms with van der Waals surface area (Å²) in [6.07, 6.45) is 1.64. The Morgan fingerprint density at radius 3 is 2.30 bits per heavy atom. The van der Waals surface area contributed by atoms with Crippen molar-refractivity contribution in [1.82, 2.24) is 0 Å². The first-order valence-corrected chi connectivity index (χ1v) is 10.2. The number of anilines is 2. The summed E-state index contributed by atoms with van der Waals surface area (Å²) < 4.78 is 0. The summed E-state index contributed by atoms with van der Waals surface area (Å²) in [5.74, 6) is -2.60. The predicted octanol–water partition coefficient (Wildman–Crippen LogP) is 4.00. The van der Waals surface area contributed by atoms with Crippen molar-refractivity contribution in [3.63, 3.8) is 0 Å². The predicted molar refractivity (Wildman–Crippen MR) is 115 cm³/mol. The van der Waals surface area contributed by atoms with Crippen LogP contribution in [-0.4, -0.2) is 34.0 Å². The highest BCUT2D eigenvalue weighted by Gasteiger charge is 2.41. The van der Waals surface area contributed by atoms with E-state index in [2.05, 4.69) is 5.32 Å². The number of rotatable bonds is 6. The molecule has 3 amide bonds. The van der Waals surface area contributed by atoms with Crippen LogP contribution in [0.15, 0.2) is 59.5 Å². The van der Waals surface area contributed by atoms with Gasteiger partial charge in [0.2, 0.25) is 17.7 Å². The number of halogens is 2. The van der Waals surface area contributed by atoms with E-state index in [9.17, 15) is 19.2 Å². The summed E-state index contributed by atoms with van der Waals surface area (Å²) in [6.45, 7) is 0. The van der Waals surface area contributed by atoms with Crippen LogP contribution in [0.5, 0.6) is 0 Å². The van der Waals surface area contributed by atoms with Crippen molar-refractivity contribution < 1.29 is 24.3 Å². The molecule has 1 aliphatic rings. The third-order valence-electron chi connectivity index (χ3n) is 4.04. The minimum atomic E-state index is -1.22. The fraction of sp³-hybridized carbons (Fsp3) is 0.100. The molecule has 1 aliphatic heterocycles. The third-order valence-corrected chi connectivity index (χ3v) is 5.85. The summed E-state index contributed by atoms with van der Waals surface area (Å²) in [6, 6.07) is 11.3. The summed E-state index contributed by atoms with van der Waals surface area (Å²) >= 11 is 13.5. The maximum absolute atomic E-state index is 12.8.